The quantitative estimate of drug-likeness (QED) is 0.602. The molecule has 1 amide bonds. The molecule has 0 aliphatic carbocycles. The molecule has 1 aliphatic rings. The van der Waals surface area contributed by atoms with E-state index < -0.39 is 0 Å². The van der Waals surface area contributed by atoms with E-state index in [-0.39, 0.29) is 12.0 Å². The first-order valence-corrected chi connectivity index (χ1v) is 10.7. The molecule has 7 nitrogen and oxygen atoms in total. The molecule has 32 heavy (non-hydrogen) atoms. The van der Waals surface area contributed by atoms with Crippen molar-refractivity contribution >= 4 is 12.0 Å². The molecule has 1 N–H and O–H groups in total. The van der Waals surface area contributed by atoms with Crippen LogP contribution in [0.15, 0.2) is 42.5 Å². The number of methoxy groups -OCH3 is 3. The van der Waals surface area contributed by atoms with Gasteiger partial charge in [0.05, 0.1) is 21.3 Å². The Morgan fingerprint density at radius 3 is 2.31 bits per heavy atom. The number of carbonyl (C=O) groups excluding carboxylic acids is 1. The van der Waals surface area contributed by atoms with E-state index in [9.17, 15) is 4.79 Å². The van der Waals surface area contributed by atoms with Crippen LogP contribution in [0.3, 0.4) is 0 Å². The maximum absolute atomic E-state index is 12.3. The van der Waals surface area contributed by atoms with Crippen molar-refractivity contribution in [2.75, 3.05) is 41.5 Å². The van der Waals surface area contributed by atoms with Gasteiger partial charge in [0.2, 0.25) is 11.7 Å². The van der Waals surface area contributed by atoms with Gasteiger partial charge in [0.25, 0.3) is 0 Å². The van der Waals surface area contributed by atoms with Crippen molar-refractivity contribution in [3.63, 3.8) is 0 Å². The molecule has 7 heteroatoms. The largest absolute Gasteiger partial charge is 0.493 e. The Morgan fingerprint density at radius 2 is 1.69 bits per heavy atom. The number of ether oxygens (including phenoxy) is 4. The van der Waals surface area contributed by atoms with Gasteiger partial charge in [-0.25, -0.2) is 0 Å². The van der Waals surface area contributed by atoms with Crippen molar-refractivity contribution < 1.29 is 23.7 Å². The van der Waals surface area contributed by atoms with Crippen LogP contribution in [-0.4, -0.2) is 58.4 Å². The summed E-state index contributed by atoms with van der Waals surface area (Å²) in [4.78, 5) is 14.6. The van der Waals surface area contributed by atoms with Crippen molar-refractivity contribution in [1.82, 2.24) is 10.2 Å². The Balaban J connectivity index is 1.53. The number of hydrogen-bond acceptors (Lipinski definition) is 6. The van der Waals surface area contributed by atoms with E-state index in [0.717, 1.165) is 42.8 Å². The molecule has 172 valence electrons. The lowest BCUT2D eigenvalue weighted by Crippen LogP contribution is -2.35. The SMILES string of the molecule is COc1ccc(/C=C/C(=O)NCc2ccc(OC3CCN(C)CC3)cc2)c(OC)c1OC. The molecule has 0 atom stereocenters. The minimum atomic E-state index is -0.200. The normalized spacial score (nSPS) is 14.9. The number of likely N-dealkylation sites (tertiary alicyclic amines) is 1. The molecule has 0 radical (unpaired) electrons. The van der Waals surface area contributed by atoms with Crippen LogP contribution < -0.4 is 24.3 Å². The van der Waals surface area contributed by atoms with Gasteiger partial charge in [0, 0.05) is 31.3 Å². The summed E-state index contributed by atoms with van der Waals surface area (Å²) < 4.78 is 22.2. The average Bonchev–Trinajstić information content (AvgIpc) is 2.82. The van der Waals surface area contributed by atoms with E-state index in [4.69, 9.17) is 18.9 Å². The lowest BCUT2D eigenvalue weighted by molar-refractivity contribution is -0.116. The van der Waals surface area contributed by atoms with E-state index in [1.165, 1.54) is 6.08 Å². The molecule has 2 aromatic carbocycles. The number of amides is 1. The Hall–Kier alpha value is -3.19. The van der Waals surface area contributed by atoms with E-state index in [0.29, 0.717) is 23.8 Å². The van der Waals surface area contributed by atoms with Gasteiger partial charge in [0.15, 0.2) is 11.5 Å². The summed E-state index contributed by atoms with van der Waals surface area (Å²) in [5.74, 6) is 2.23. The smallest absolute Gasteiger partial charge is 0.244 e. The molecule has 0 spiro atoms. The lowest BCUT2D eigenvalue weighted by Gasteiger charge is -2.29. The first-order chi connectivity index (χ1) is 15.5. The second kappa shape index (κ2) is 11.4. The lowest BCUT2D eigenvalue weighted by atomic mass is 10.1. The van der Waals surface area contributed by atoms with Crippen LogP contribution in [0, 0.1) is 0 Å². The van der Waals surface area contributed by atoms with Crippen molar-refractivity contribution in [1.29, 1.82) is 0 Å². The van der Waals surface area contributed by atoms with Gasteiger partial charge in [0.1, 0.15) is 11.9 Å². The molecular weight excluding hydrogens is 408 g/mol. The zero-order valence-electron chi connectivity index (χ0n) is 19.2. The average molecular weight is 441 g/mol. The second-order valence-electron chi connectivity index (χ2n) is 7.74. The maximum atomic E-state index is 12.3. The number of hydrogen-bond donors (Lipinski definition) is 1. The third-order valence-electron chi connectivity index (χ3n) is 5.51. The van der Waals surface area contributed by atoms with E-state index >= 15 is 0 Å². The van der Waals surface area contributed by atoms with Crippen LogP contribution in [0.1, 0.15) is 24.0 Å². The molecule has 1 fully saturated rings. The van der Waals surface area contributed by atoms with Gasteiger partial charge >= 0.3 is 0 Å². The Bertz CT molecular complexity index is 919. The van der Waals surface area contributed by atoms with Crippen molar-refractivity contribution in [2.24, 2.45) is 0 Å². The number of carbonyl (C=O) groups is 1. The fraction of sp³-hybridized carbons (Fsp3) is 0.400. The second-order valence-corrected chi connectivity index (χ2v) is 7.74. The molecule has 1 heterocycles. The van der Waals surface area contributed by atoms with Gasteiger partial charge in [-0.1, -0.05) is 12.1 Å². The van der Waals surface area contributed by atoms with Crippen LogP contribution >= 0.6 is 0 Å². The van der Waals surface area contributed by atoms with Crippen LogP contribution in [0.4, 0.5) is 0 Å². The molecule has 3 rings (SSSR count). The predicted molar refractivity (Wildman–Crippen MR) is 125 cm³/mol. The molecule has 0 bridgehead atoms. The highest BCUT2D eigenvalue weighted by Crippen LogP contribution is 2.40. The molecule has 0 saturated carbocycles. The van der Waals surface area contributed by atoms with Crippen LogP contribution in [0.5, 0.6) is 23.0 Å². The summed E-state index contributed by atoms with van der Waals surface area (Å²) in [5.41, 5.74) is 1.72. The predicted octanol–water partition coefficient (Wildman–Crippen LogP) is 3.52. The first kappa shape index (κ1) is 23.5. The molecule has 2 aromatic rings. The van der Waals surface area contributed by atoms with Gasteiger partial charge in [-0.15, -0.1) is 0 Å². The van der Waals surface area contributed by atoms with Gasteiger partial charge in [-0.3, -0.25) is 4.79 Å². The van der Waals surface area contributed by atoms with Crippen molar-refractivity contribution in [3.05, 3.63) is 53.6 Å². The van der Waals surface area contributed by atoms with Crippen LogP contribution in [-0.2, 0) is 11.3 Å². The van der Waals surface area contributed by atoms with Gasteiger partial charge in [-0.05, 0) is 55.8 Å². The van der Waals surface area contributed by atoms with Crippen molar-refractivity contribution in [3.8, 4) is 23.0 Å². The number of rotatable bonds is 9. The minimum absolute atomic E-state index is 0.200. The van der Waals surface area contributed by atoms with E-state index in [1.807, 2.05) is 30.3 Å². The monoisotopic (exact) mass is 440 g/mol. The number of nitrogens with one attached hydrogen (secondary N) is 1. The Labute approximate surface area is 189 Å². The summed E-state index contributed by atoms with van der Waals surface area (Å²) in [6.07, 6.45) is 5.53. The number of nitrogens with zero attached hydrogens (tertiary/aromatic N) is 1. The van der Waals surface area contributed by atoms with E-state index in [2.05, 4.69) is 17.3 Å². The first-order valence-electron chi connectivity index (χ1n) is 10.7. The third-order valence-corrected chi connectivity index (χ3v) is 5.51. The standard InChI is InChI=1S/C25H32N2O5/c1-27-15-13-21(14-16-27)32-20-9-5-18(6-10-20)17-26-23(28)12-8-19-7-11-22(29-2)25(31-4)24(19)30-3/h5-12,21H,13-17H2,1-4H3,(H,26,28)/b12-8+. The topological polar surface area (TPSA) is 69.3 Å². The number of benzene rings is 2. The summed E-state index contributed by atoms with van der Waals surface area (Å²) in [6.45, 7) is 2.57. The van der Waals surface area contributed by atoms with Gasteiger partial charge < -0.3 is 29.2 Å². The summed E-state index contributed by atoms with van der Waals surface area (Å²) >= 11 is 0. The minimum Gasteiger partial charge on any atom is -0.493 e. The highest BCUT2D eigenvalue weighted by Gasteiger charge is 2.18. The maximum Gasteiger partial charge on any atom is 0.244 e. The highest BCUT2D eigenvalue weighted by atomic mass is 16.5. The fourth-order valence-electron chi connectivity index (χ4n) is 3.65. The summed E-state index contributed by atoms with van der Waals surface area (Å²) in [7, 11) is 6.80. The third kappa shape index (κ3) is 6.17. The van der Waals surface area contributed by atoms with Crippen LogP contribution in [0.25, 0.3) is 6.08 Å². The van der Waals surface area contributed by atoms with Crippen LogP contribution in [0.2, 0.25) is 0 Å². The molecule has 0 aromatic heterocycles. The zero-order chi connectivity index (χ0) is 22.9. The summed E-state index contributed by atoms with van der Waals surface area (Å²) in [6, 6.07) is 11.5. The Kier molecular flexibility index (Phi) is 8.39. The molecular formula is C25H32N2O5. The molecule has 1 aliphatic heterocycles. The fourth-order valence-corrected chi connectivity index (χ4v) is 3.65. The zero-order valence-corrected chi connectivity index (χ0v) is 19.2. The molecule has 1 saturated heterocycles. The van der Waals surface area contributed by atoms with E-state index in [1.54, 1.807) is 33.5 Å². The Morgan fingerprint density at radius 1 is 1.00 bits per heavy atom. The summed E-state index contributed by atoms with van der Waals surface area (Å²) in [5, 5.41) is 2.89. The molecule has 0 unspecified atom stereocenters. The van der Waals surface area contributed by atoms with Gasteiger partial charge in [-0.2, -0.15) is 0 Å². The van der Waals surface area contributed by atoms with Crippen molar-refractivity contribution in [2.45, 2.75) is 25.5 Å². The number of piperidine rings is 1. The highest BCUT2D eigenvalue weighted by molar-refractivity contribution is 5.92.